The van der Waals surface area contributed by atoms with Crippen LogP contribution in [-0.4, -0.2) is 10.9 Å². The maximum atomic E-state index is 11.1. The molecule has 0 aliphatic rings. The van der Waals surface area contributed by atoms with Crippen LogP contribution >= 0.6 is 11.6 Å². The zero-order valence-corrected chi connectivity index (χ0v) is 9.16. The van der Waals surface area contributed by atoms with Crippen LogP contribution in [0.4, 0.5) is 5.82 Å². The Labute approximate surface area is 97.8 Å². The Morgan fingerprint density at radius 3 is 2.94 bits per heavy atom. The van der Waals surface area contributed by atoms with E-state index < -0.39 is 0 Å². The van der Waals surface area contributed by atoms with Crippen LogP contribution in [0.1, 0.15) is 0 Å². The number of rotatable bonds is 2. The number of para-hydroxylation sites is 1. The van der Waals surface area contributed by atoms with Crippen molar-refractivity contribution in [3.05, 3.63) is 48.0 Å². The number of anilines is 1. The third-order valence-corrected chi connectivity index (χ3v) is 2.41. The van der Waals surface area contributed by atoms with Gasteiger partial charge in [-0.3, -0.25) is 4.79 Å². The van der Waals surface area contributed by atoms with Gasteiger partial charge in [-0.2, -0.15) is 0 Å². The number of hydrogen-bond donors (Lipinski definition) is 1. The number of pyridine rings is 1. The summed E-state index contributed by atoms with van der Waals surface area (Å²) in [5.41, 5.74) is 0.672. The fourth-order valence-corrected chi connectivity index (χ4v) is 1.58. The first-order valence-electron chi connectivity index (χ1n) is 4.69. The number of halogens is 1. The molecule has 1 heterocycles. The van der Waals surface area contributed by atoms with Gasteiger partial charge in [-0.1, -0.05) is 30.3 Å². The third kappa shape index (κ3) is 2.04. The summed E-state index contributed by atoms with van der Waals surface area (Å²) in [6, 6.07) is 9.10. The van der Waals surface area contributed by atoms with Gasteiger partial charge in [0.1, 0.15) is 5.82 Å². The lowest BCUT2D eigenvalue weighted by molar-refractivity contribution is -0.111. The molecule has 0 saturated carbocycles. The van der Waals surface area contributed by atoms with E-state index in [1.807, 2.05) is 18.2 Å². The topological polar surface area (TPSA) is 42.0 Å². The molecule has 0 saturated heterocycles. The number of carbonyl (C=O) groups is 1. The average molecular weight is 233 g/mol. The Balaban J connectivity index is 2.47. The highest BCUT2D eigenvalue weighted by Crippen LogP contribution is 2.22. The smallest absolute Gasteiger partial charge is 0.248 e. The summed E-state index contributed by atoms with van der Waals surface area (Å²) in [4.78, 5) is 15.4. The van der Waals surface area contributed by atoms with Crippen molar-refractivity contribution in [1.82, 2.24) is 4.98 Å². The molecule has 1 aromatic carbocycles. The molecular weight excluding hydrogens is 224 g/mol. The second-order valence-corrected chi connectivity index (χ2v) is 3.61. The van der Waals surface area contributed by atoms with Crippen LogP contribution in [0.25, 0.3) is 10.9 Å². The van der Waals surface area contributed by atoms with E-state index in [-0.39, 0.29) is 5.91 Å². The first kappa shape index (κ1) is 10.6. The Morgan fingerprint density at radius 2 is 2.19 bits per heavy atom. The SMILES string of the molecule is C=CC(=O)Nc1ccc2cccc(Cl)c2n1. The summed E-state index contributed by atoms with van der Waals surface area (Å²) in [5, 5.41) is 4.08. The molecule has 0 aliphatic heterocycles. The van der Waals surface area contributed by atoms with Crippen LogP contribution in [0, 0.1) is 0 Å². The molecule has 16 heavy (non-hydrogen) atoms. The molecule has 1 aromatic heterocycles. The maximum absolute atomic E-state index is 11.1. The highest BCUT2D eigenvalue weighted by atomic mass is 35.5. The molecule has 1 N–H and O–H groups in total. The summed E-state index contributed by atoms with van der Waals surface area (Å²) in [6.07, 6.45) is 1.19. The number of nitrogens with one attached hydrogen (secondary N) is 1. The summed E-state index contributed by atoms with van der Waals surface area (Å²) >= 11 is 6.00. The van der Waals surface area contributed by atoms with E-state index in [2.05, 4.69) is 16.9 Å². The van der Waals surface area contributed by atoms with Crippen LogP contribution in [-0.2, 0) is 4.79 Å². The van der Waals surface area contributed by atoms with E-state index >= 15 is 0 Å². The normalized spacial score (nSPS) is 10.1. The van der Waals surface area contributed by atoms with Crippen LogP contribution in [0.2, 0.25) is 5.02 Å². The summed E-state index contributed by atoms with van der Waals surface area (Å²) in [7, 11) is 0. The lowest BCUT2D eigenvalue weighted by Crippen LogP contribution is -2.08. The highest BCUT2D eigenvalue weighted by Gasteiger charge is 2.03. The van der Waals surface area contributed by atoms with Gasteiger partial charge in [-0.05, 0) is 24.3 Å². The Hall–Kier alpha value is -1.87. The van der Waals surface area contributed by atoms with Gasteiger partial charge in [0.25, 0.3) is 0 Å². The highest BCUT2D eigenvalue weighted by molar-refractivity contribution is 6.35. The van der Waals surface area contributed by atoms with Crippen LogP contribution in [0.5, 0.6) is 0 Å². The van der Waals surface area contributed by atoms with E-state index in [0.29, 0.717) is 16.4 Å². The van der Waals surface area contributed by atoms with Gasteiger partial charge in [-0.25, -0.2) is 4.98 Å². The molecule has 0 unspecified atom stereocenters. The molecule has 2 rings (SSSR count). The van der Waals surface area contributed by atoms with Gasteiger partial charge in [-0.15, -0.1) is 0 Å². The molecule has 3 nitrogen and oxygen atoms in total. The van der Waals surface area contributed by atoms with Gasteiger partial charge < -0.3 is 5.32 Å². The summed E-state index contributed by atoms with van der Waals surface area (Å²) in [6.45, 7) is 3.37. The van der Waals surface area contributed by atoms with E-state index in [1.165, 1.54) is 6.08 Å². The molecule has 0 spiro atoms. The third-order valence-electron chi connectivity index (χ3n) is 2.11. The van der Waals surface area contributed by atoms with Crippen molar-refractivity contribution in [1.29, 1.82) is 0 Å². The van der Waals surface area contributed by atoms with Gasteiger partial charge in [0, 0.05) is 5.39 Å². The van der Waals surface area contributed by atoms with E-state index in [4.69, 9.17) is 11.6 Å². The van der Waals surface area contributed by atoms with E-state index in [9.17, 15) is 4.79 Å². The first-order chi connectivity index (χ1) is 7.70. The van der Waals surface area contributed by atoms with Gasteiger partial charge in [0.05, 0.1) is 10.5 Å². The minimum Gasteiger partial charge on any atom is -0.307 e. The molecule has 0 bridgehead atoms. The lowest BCUT2D eigenvalue weighted by Gasteiger charge is -2.04. The van der Waals surface area contributed by atoms with E-state index in [0.717, 1.165) is 5.39 Å². The lowest BCUT2D eigenvalue weighted by atomic mass is 10.2. The fraction of sp³-hybridized carbons (Fsp3) is 0. The van der Waals surface area contributed by atoms with Crippen molar-refractivity contribution in [3.63, 3.8) is 0 Å². The number of benzene rings is 1. The molecule has 2 aromatic rings. The van der Waals surface area contributed by atoms with E-state index in [1.54, 1.807) is 12.1 Å². The molecule has 80 valence electrons. The summed E-state index contributed by atoms with van der Waals surface area (Å²) < 4.78 is 0. The van der Waals surface area contributed by atoms with Gasteiger partial charge in [0.2, 0.25) is 5.91 Å². The number of hydrogen-bond acceptors (Lipinski definition) is 2. The predicted molar refractivity (Wildman–Crippen MR) is 65.6 cm³/mol. The van der Waals surface area contributed by atoms with Crippen LogP contribution < -0.4 is 5.32 Å². The Kier molecular flexibility index (Phi) is 2.88. The number of amides is 1. The quantitative estimate of drug-likeness (QED) is 0.809. The molecule has 4 heteroatoms. The van der Waals surface area contributed by atoms with Crippen molar-refractivity contribution in [2.24, 2.45) is 0 Å². The average Bonchev–Trinajstić information content (AvgIpc) is 2.30. The number of fused-ring (bicyclic) bond motifs is 1. The Morgan fingerprint density at radius 1 is 1.38 bits per heavy atom. The predicted octanol–water partition coefficient (Wildman–Crippen LogP) is 3.01. The van der Waals surface area contributed by atoms with Gasteiger partial charge >= 0.3 is 0 Å². The molecule has 0 atom stereocenters. The van der Waals surface area contributed by atoms with Crippen molar-refractivity contribution in [2.45, 2.75) is 0 Å². The van der Waals surface area contributed by atoms with Crippen molar-refractivity contribution in [3.8, 4) is 0 Å². The van der Waals surface area contributed by atoms with Crippen LogP contribution in [0.3, 0.4) is 0 Å². The molecule has 0 fully saturated rings. The minimum atomic E-state index is -0.293. The second-order valence-electron chi connectivity index (χ2n) is 3.20. The maximum Gasteiger partial charge on any atom is 0.248 e. The molecule has 0 aliphatic carbocycles. The van der Waals surface area contributed by atoms with Crippen LogP contribution in [0.15, 0.2) is 43.0 Å². The van der Waals surface area contributed by atoms with Gasteiger partial charge in [0.15, 0.2) is 0 Å². The number of carbonyl (C=O) groups excluding carboxylic acids is 1. The summed E-state index contributed by atoms with van der Waals surface area (Å²) in [5.74, 6) is 0.171. The number of aromatic nitrogens is 1. The first-order valence-corrected chi connectivity index (χ1v) is 5.07. The monoisotopic (exact) mass is 232 g/mol. The zero-order valence-electron chi connectivity index (χ0n) is 8.40. The molecular formula is C12H9ClN2O. The standard InChI is InChI=1S/C12H9ClN2O/c1-2-11(16)14-10-7-6-8-4-3-5-9(13)12(8)15-10/h2-7H,1H2,(H,14,15,16). The molecule has 0 radical (unpaired) electrons. The Bertz CT molecular complexity index is 566. The largest absolute Gasteiger partial charge is 0.307 e. The van der Waals surface area contributed by atoms with Crippen molar-refractivity contribution < 1.29 is 4.79 Å². The minimum absolute atomic E-state index is 0.293. The fourth-order valence-electron chi connectivity index (χ4n) is 1.36. The van der Waals surface area contributed by atoms with Crippen molar-refractivity contribution >= 4 is 34.2 Å². The molecule has 1 amide bonds. The van der Waals surface area contributed by atoms with Crippen molar-refractivity contribution in [2.75, 3.05) is 5.32 Å². The second kappa shape index (κ2) is 4.33. The number of nitrogens with zero attached hydrogens (tertiary/aromatic N) is 1. The zero-order chi connectivity index (χ0) is 11.5.